The molecule has 106 valence electrons. The van der Waals surface area contributed by atoms with Crippen LogP contribution in [-0.2, 0) is 18.9 Å². The molecule has 20 heavy (non-hydrogen) atoms. The lowest BCUT2D eigenvalue weighted by Crippen LogP contribution is -2.19. The van der Waals surface area contributed by atoms with E-state index in [9.17, 15) is 9.59 Å². The Morgan fingerprint density at radius 3 is 2.30 bits per heavy atom. The Kier molecular flexibility index (Phi) is 3.00. The maximum atomic E-state index is 12.0. The van der Waals surface area contributed by atoms with Gasteiger partial charge in [0.05, 0.1) is 22.4 Å². The van der Waals surface area contributed by atoms with Crippen molar-refractivity contribution in [1.82, 2.24) is 9.13 Å². The van der Waals surface area contributed by atoms with E-state index >= 15 is 0 Å². The van der Waals surface area contributed by atoms with Crippen LogP contribution in [0.5, 0.6) is 0 Å². The van der Waals surface area contributed by atoms with Gasteiger partial charge in [-0.05, 0) is 25.0 Å². The number of nitrogens with zero attached hydrogens (tertiary/aromatic N) is 3. The average Bonchev–Trinajstić information content (AvgIpc) is 3.04. The predicted molar refractivity (Wildman–Crippen MR) is 79.3 cm³/mol. The number of anilines is 2. The average molecular weight is 274 g/mol. The summed E-state index contributed by atoms with van der Waals surface area (Å²) in [5, 5.41) is 2.75. The van der Waals surface area contributed by atoms with Crippen molar-refractivity contribution in [1.29, 1.82) is 0 Å². The van der Waals surface area contributed by atoms with Crippen LogP contribution in [-0.4, -0.2) is 28.6 Å². The molecule has 2 heterocycles. The van der Waals surface area contributed by atoms with E-state index in [0.717, 1.165) is 48.3 Å². The lowest BCUT2D eigenvalue weighted by atomic mass is 10.2. The molecule has 0 spiro atoms. The maximum absolute atomic E-state index is 12.0. The quantitative estimate of drug-likeness (QED) is 0.851. The van der Waals surface area contributed by atoms with E-state index in [2.05, 4.69) is 10.2 Å². The highest BCUT2D eigenvalue weighted by Crippen LogP contribution is 2.32. The second-order valence-corrected chi connectivity index (χ2v) is 5.22. The number of fused-ring (bicyclic) bond motifs is 1. The number of amides is 1. The van der Waals surface area contributed by atoms with Gasteiger partial charge in [-0.1, -0.05) is 0 Å². The van der Waals surface area contributed by atoms with Gasteiger partial charge in [-0.2, -0.15) is 0 Å². The van der Waals surface area contributed by atoms with Crippen LogP contribution in [0.3, 0.4) is 0 Å². The number of benzene rings is 1. The third-order valence-electron chi connectivity index (χ3n) is 4.05. The minimum Gasteiger partial charge on any atom is -0.370 e. The molecule has 1 aliphatic rings. The first-order chi connectivity index (χ1) is 9.63. The summed E-state index contributed by atoms with van der Waals surface area (Å²) >= 11 is 0. The fourth-order valence-corrected chi connectivity index (χ4v) is 2.93. The Hall–Kier alpha value is -2.24. The van der Waals surface area contributed by atoms with Crippen molar-refractivity contribution in [3.63, 3.8) is 0 Å². The third kappa shape index (κ3) is 1.79. The summed E-state index contributed by atoms with van der Waals surface area (Å²) in [5.41, 5.74) is 3.40. The van der Waals surface area contributed by atoms with Crippen LogP contribution in [0.25, 0.3) is 11.0 Å². The van der Waals surface area contributed by atoms with E-state index in [4.69, 9.17) is 0 Å². The Labute approximate surface area is 116 Å². The lowest BCUT2D eigenvalue weighted by Gasteiger charge is -2.21. The number of imidazole rings is 1. The number of nitrogens with one attached hydrogen (secondary N) is 1. The van der Waals surface area contributed by atoms with Crippen LogP contribution in [0, 0.1) is 0 Å². The number of carbonyl (C=O) groups excluding carboxylic acids is 1. The summed E-state index contributed by atoms with van der Waals surface area (Å²) in [6, 6.07) is 3.87. The van der Waals surface area contributed by atoms with E-state index in [1.807, 2.05) is 12.1 Å². The molecule has 0 saturated carbocycles. The number of carbonyl (C=O) groups is 1. The van der Waals surface area contributed by atoms with Gasteiger partial charge < -0.3 is 10.2 Å². The van der Waals surface area contributed by atoms with Gasteiger partial charge >= 0.3 is 5.69 Å². The SMILES string of the molecule is Cn1c(=O)n(C)c2cc(N3CCCC3)c(NC=O)cc21. The van der Waals surface area contributed by atoms with E-state index in [1.54, 1.807) is 23.2 Å². The molecule has 1 N–H and O–H groups in total. The van der Waals surface area contributed by atoms with Gasteiger partial charge in [-0.25, -0.2) is 4.79 Å². The molecule has 0 bridgehead atoms. The van der Waals surface area contributed by atoms with E-state index in [1.165, 1.54) is 0 Å². The molecule has 1 aliphatic heterocycles. The molecular formula is C14H18N4O2. The van der Waals surface area contributed by atoms with Gasteiger partial charge in [0.1, 0.15) is 0 Å². The first-order valence-corrected chi connectivity index (χ1v) is 6.78. The van der Waals surface area contributed by atoms with Crippen LogP contribution < -0.4 is 15.9 Å². The number of aryl methyl sites for hydroxylation is 2. The molecule has 6 nitrogen and oxygen atoms in total. The van der Waals surface area contributed by atoms with Gasteiger partial charge in [0.25, 0.3) is 0 Å². The highest BCUT2D eigenvalue weighted by molar-refractivity contribution is 5.92. The minimum atomic E-state index is -0.0596. The zero-order valence-electron chi connectivity index (χ0n) is 11.7. The highest BCUT2D eigenvalue weighted by atomic mass is 16.1. The predicted octanol–water partition coefficient (Wildman–Crippen LogP) is 1.05. The summed E-state index contributed by atoms with van der Waals surface area (Å²) in [6.07, 6.45) is 3.00. The number of rotatable bonds is 3. The van der Waals surface area contributed by atoms with Crippen LogP contribution in [0.4, 0.5) is 11.4 Å². The monoisotopic (exact) mass is 274 g/mol. The number of hydrogen-bond donors (Lipinski definition) is 1. The molecule has 0 atom stereocenters. The molecule has 1 amide bonds. The molecule has 0 aliphatic carbocycles. The van der Waals surface area contributed by atoms with Gasteiger partial charge in [-0.15, -0.1) is 0 Å². The number of hydrogen-bond acceptors (Lipinski definition) is 3. The van der Waals surface area contributed by atoms with Crippen LogP contribution in [0.1, 0.15) is 12.8 Å². The topological polar surface area (TPSA) is 59.3 Å². The molecule has 1 aromatic heterocycles. The summed E-state index contributed by atoms with van der Waals surface area (Å²) in [5.74, 6) is 0. The van der Waals surface area contributed by atoms with Gasteiger partial charge in [0.2, 0.25) is 6.41 Å². The van der Waals surface area contributed by atoms with Crippen molar-refractivity contribution in [2.75, 3.05) is 23.3 Å². The molecule has 1 aromatic carbocycles. The third-order valence-corrected chi connectivity index (χ3v) is 4.05. The minimum absolute atomic E-state index is 0.0596. The Morgan fingerprint density at radius 1 is 1.10 bits per heavy atom. The van der Waals surface area contributed by atoms with E-state index < -0.39 is 0 Å². The summed E-state index contributed by atoms with van der Waals surface area (Å²) in [4.78, 5) is 25.1. The summed E-state index contributed by atoms with van der Waals surface area (Å²) in [6.45, 7) is 1.97. The van der Waals surface area contributed by atoms with Crippen molar-refractivity contribution in [2.45, 2.75) is 12.8 Å². The zero-order chi connectivity index (χ0) is 14.3. The van der Waals surface area contributed by atoms with Crippen molar-refractivity contribution in [3.8, 4) is 0 Å². The number of aromatic nitrogens is 2. The van der Waals surface area contributed by atoms with Crippen molar-refractivity contribution >= 4 is 28.8 Å². The van der Waals surface area contributed by atoms with Crippen molar-refractivity contribution in [2.24, 2.45) is 14.1 Å². The largest absolute Gasteiger partial charge is 0.370 e. The van der Waals surface area contributed by atoms with Crippen LogP contribution in [0.15, 0.2) is 16.9 Å². The molecular weight excluding hydrogens is 256 g/mol. The van der Waals surface area contributed by atoms with Crippen molar-refractivity contribution in [3.05, 3.63) is 22.6 Å². The summed E-state index contributed by atoms with van der Waals surface area (Å²) < 4.78 is 3.23. The normalized spacial score (nSPS) is 15.0. The Balaban J connectivity index is 2.26. The molecule has 6 heteroatoms. The van der Waals surface area contributed by atoms with Crippen LogP contribution >= 0.6 is 0 Å². The summed E-state index contributed by atoms with van der Waals surface area (Å²) in [7, 11) is 3.51. The second-order valence-electron chi connectivity index (χ2n) is 5.22. The van der Waals surface area contributed by atoms with Crippen molar-refractivity contribution < 1.29 is 4.79 Å². The van der Waals surface area contributed by atoms with E-state index in [0.29, 0.717) is 6.41 Å². The highest BCUT2D eigenvalue weighted by Gasteiger charge is 2.19. The standard InChI is InChI=1S/C14H18N4O2/c1-16-12-7-10(15-9-19)11(18-5-3-4-6-18)8-13(12)17(2)14(16)20/h7-9H,3-6H2,1-2H3,(H,15,19). The zero-order valence-corrected chi connectivity index (χ0v) is 11.7. The van der Waals surface area contributed by atoms with Crippen LogP contribution in [0.2, 0.25) is 0 Å². The Bertz CT molecular complexity index is 723. The molecule has 2 aromatic rings. The molecule has 0 unspecified atom stereocenters. The molecule has 1 saturated heterocycles. The molecule has 0 radical (unpaired) electrons. The fraction of sp³-hybridized carbons (Fsp3) is 0.429. The first-order valence-electron chi connectivity index (χ1n) is 6.78. The second kappa shape index (κ2) is 4.70. The fourth-order valence-electron chi connectivity index (χ4n) is 2.93. The first kappa shape index (κ1) is 12.8. The Morgan fingerprint density at radius 2 is 1.70 bits per heavy atom. The maximum Gasteiger partial charge on any atom is 0.328 e. The molecule has 3 rings (SSSR count). The van der Waals surface area contributed by atoms with E-state index in [-0.39, 0.29) is 5.69 Å². The lowest BCUT2D eigenvalue weighted by molar-refractivity contribution is -0.105. The van der Waals surface area contributed by atoms with Gasteiger partial charge in [0, 0.05) is 27.2 Å². The van der Waals surface area contributed by atoms with Gasteiger partial charge in [-0.3, -0.25) is 13.9 Å². The smallest absolute Gasteiger partial charge is 0.328 e. The van der Waals surface area contributed by atoms with Gasteiger partial charge in [0.15, 0.2) is 0 Å². The molecule has 1 fully saturated rings.